The van der Waals surface area contributed by atoms with Gasteiger partial charge < -0.3 is 4.74 Å². The van der Waals surface area contributed by atoms with Crippen LogP contribution in [0.2, 0.25) is 0 Å². The van der Waals surface area contributed by atoms with Gasteiger partial charge in [-0.15, -0.1) is 11.3 Å². The molecule has 0 bridgehead atoms. The lowest BCUT2D eigenvalue weighted by Gasteiger charge is -2.33. The van der Waals surface area contributed by atoms with Gasteiger partial charge in [-0.3, -0.25) is 0 Å². The maximum absolute atomic E-state index is 9.63. The molecule has 10 rings (SSSR count). The van der Waals surface area contributed by atoms with Crippen molar-refractivity contribution < 1.29 is 39.0 Å². The van der Waals surface area contributed by atoms with E-state index in [0.29, 0.717) is 11.3 Å². The highest BCUT2D eigenvalue weighted by atomic mass is 32.1. The zero-order valence-corrected chi connectivity index (χ0v) is 25.7. The van der Waals surface area contributed by atoms with Crippen molar-refractivity contribution >= 4 is 31.5 Å². The monoisotopic (exact) mass is 672 g/mol. The third kappa shape index (κ3) is 5.01. The molecule has 48 heavy (non-hydrogen) atoms. The molecule has 0 radical (unpaired) electrons. The van der Waals surface area contributed by atoms with E-state index in [2.05, 4.69) is 15.0 Å². The van der Waals surface area contributed by atoms with Crippen molar-refractivity contribution in [3.8, 4) is 33.9 Å². The molecule has 0 N–H and O–H groups in total. The van der Waals surface area contributed by atoms with Crippen molar-refractivity contribution in [2.45, 2.75) is 88.5 Å². The van der Waals surface area contributed by atoms with Gasteiger partial charge in [-0.25, -0.2) is 15.0 Å². The van der Waals surface area contributed by atoms with Gasteiger partial charge >= 0.3 is 0 Å². The summed E-state index contributed by atoms with van der Waals surface area (Å²) in [5.74, 6) is -5.18. The summed E-state index contributed by atoms with van der Waals surface area (Å²) in [5.41, 5.74) is -2.54. The Bertz CT molecular complexity index is 3330. The minimum absolute atomic E-state index is 0.154. The van der Waals surface area contributed by atoms with E-state index in [0.717, 1.165) is 0 Å². The second-order valence-electron chi connectivity index (χ2n) is 11.7. The molecule has 1 saturated heterocycles. The van der Waals surface area contributed by atoms with Gasteiger partial charge in [0.25, 0.3) is 0 Å². The molecule has 240 valence electrons. The molecule has 16 unspecified atom stereocenters. The number of nitrogens with zero attached hydrogens (tertiary/aromatic N) is 3. The van der Waals surface area contributed by atoms with E-state index >= 15 is 0 Å². The van der Waals surface area contributed by atoms with Gasteiger partial charge in [-0.1, -0.05) is 85.3 Å². The Kier molecular flexibility index (Phi) is 3.32. The lowest BCUT2D eigenvalue weighted by molar-refractivity contribution is 0.00192. The SMILES string of the molecule is [2H]c1c([2H])c([2H])c(-c2nc(-c3c([2H])c([2H])c4c(sc5c([2H])c(-c6c([2H])c([2H])c([2H])c7c6C([2H])C([2H])C([2H])C7[2H])c([2H])c([2H])c54)c3[2H])nc(C3C([2H])C([2H])C4C(OC5C([2H])C([2H])C([2H])C([2H])C54)C3[2H])n2)c([2H])c1[2H]. The van der Waals surface area contributed by atoms with E-state index in [-0.39, 0.29) is 31.3 Å². The van der Waals surface area contributed by atoms with Crippen LogP contribution in [0.15, 0.2) is 84.6 Å². The van der Waals surface area contributed by atoms with E-state index in [4.69, 9.17) is 26.7 Å². The van der Waals surface area contributed by atoms with Crippen LogP contribution >= 0.6 is 11.3 Å². The van der Waals surface area contributed by atoms with E-state index < -0.39 is 225 Å². The van der Waals surface area contributed by atoms with Gasteiger partial charge in [0.1, 0.15) is 5.82 Å². The molecule has 1 aliphatic heterocycles. The first kappa shape index (κ1) is 13.4. The van der Waals surface area contributed by atoms with Crippen LogP contribution in [0.3, 0.4) is 0 Å². The van der Waals surface area contributed by atoms with Crippen LogP contribution in [0, 0.1) is 11.8 Å². The second kappa shape index (κ2) is 11.9. The van der Waals surface area contributed by atoms with Crippen molar-refractivity contribution in [2.75, 3.05) is 0 Å². The van der Waals surface area contributed by atoms with Gasteiger partial charge in [0.15, 0.2) is 11.6 Å². The van der Waals surface area contributed by atoms with Crippen LogP contribution in [0.5, 0.6) is 0 Å². The Balaban J connectivity index is 1.20. The van der Waals surface area contributed by atoms with Crippen molar-refractivity contribution in [3.05, 3.63) is 102 Å². The highest BCUT2D eigenvalue weighted by molar-refractivity contribution is 7.25. The molecular weight excluding hydrogens is 607 g/mol. The first-order chi connectivity index (χ1) is 34.2. The average Bonchev–Trinajstić information content (AvgIpc) is 3.97. The molecule has 2 aromatic heterocycles. The molecule has 3 heterocycles. The summed E-state index contributed by atoms with van der Waals surface area (Å²) in [6.07, 6.45) is -18.6. The van der Waals surface area contributed by atoms with Crippen LogP contribution < -0.4 is 0 Å². The molecule has 16 atom stereocenters. The van der Waals surface area contributed by atoms with E-state index in [1.54, 1.807) is 0 Å². The Labute approximate surface area is 321 Å². The van der Waals surface area contributed by atoms with Crippen LogP contribution in [0.4, 0.5) is 0 Å². The zero-order chi connectivity index (χ0) is 53.4. The highest BCUT2D eigenvalue weighted by Crippen LogP contribution is 2.50. The summed E-state index contributed by atoms with van der Waals surface area (Å²) in [7, 11) is 0. The maximum atomic E-state index is 9.63. The molecule has 0 amide bonds. The van der Waals surface area contributed by atoms with E-state index in [1.165, 1.54) is 0 Å². The molecule has 4 nitrogen and oxygen atoms in total. The van der Waals surface area contributed by atoms with E-state index in [1.807, 2.05) is 0 Å². The fraction of sp³-hybridized carbons (Fsp3) is 0.372. The summed E-state index contributed by atoms with van der Waals surface area (Å²) < 4.78 is 228. The molecule has 3 fully saturated rings. The van der Waals surface area contributed by atoms with Crippen LogP contribution in [-0.2, 0) is 17.5 Å². The number of ether oxygens (including phenoxy) is 1. The quantitative estimate of drug-likeness (QED) is 0.187. The van der Waals surface area contributed by atoms with Crippen LogP contribution in [0.25, 0.3) is 54.1 Å². The summed E-state index contributed by atoms with van der Waals surface area (Å²) in [4.78, 5) is 13.5. The standard InChI is InChI=1S/C43H41N3OS/c1-2-10-27(11-3-1)41-44-42(29-18-20-34-33-14-6-7-16-37(33)47-38(34)23-29)46-43(45-41)30-19-22-36-35-21-17-28(24-39(35)48-40(36)25-30)32-15-8-12-26-9-4-5-13-31(26)32/h1-3,8,10-12,15,17,19,21-22,24-25,29,33-34,37-38H,4-7,9,13-14,16,18,20,23H2/i1D,2D,3D,4D,5D,6D,7D,8D,9D,10D,11D,12D,13D,14D,15D,16D,17D,18D,19D,20D,21D,22D,23D,24D,25D. The lowest BCUT2D eigenvalue weighted by Crippen LogP contribution is -2.30. The average molecular weight is 673 g/mol. The summed E-state index contributed by atoms with van der Waals surface area (Å²) in [6, 6.07) is -10.0. The van der Waals surface area contributed by atoms with E-state index in [9.17, 15) is 12.3 Å². The number of rotatable bonds is 4. The third-order valence-electron chi connectivity index (χ3n) is 8.94. The predicted octanol–water partition coefficient (Wildman–Crippen LogP) is 11.0. The largest absolute Gasteiger partial charge is 0.374 e. The number of hydrogen-bond acceptors (Lipinski definition) is 5. The van der Waals surface area contributed by atoms with Crippen molar-refractivity contribution in [3.63, 3.8) is 0 Å². The zero-order valence-electron chi connectivity index (χ0n) is 49.9. The van der Waals surface area contributed by atoms with Crippen LogP contribution in [-0.4, -0.2) is 27.2 Å². The normalized spacial score (nSPS) is 49.4. The van der Waals surface area contributed by atoms with Gasteiger partial charge in [-0.2, -0.15) is 0 Å². The predicted molar refractivity (Wildman–Crippen MR) is 196 cm³/mol. The van der Waals surface area contributed by atoms with Gasteiger partial charge in [0.05, 0.1) is 31.4 Å². The first-order valence-corrected chi connectivity index (χ1v) is 16.2. The number of aromatic nitrogens is 3. The fourth-order valence-electron chi connectivity index (χ4n) is 6.66. The second-order valence-corrected chi connectivity index (χ2v) is 12.8. The maximum Gasteiger partial charge on any atom is 0.163 e. The molecule has 3 aliphatic carbocycles. The fourth-order valence-corrected chi connectivity index (χ4v) is 7.68. The molecular formula is C43H41N3OS. The molecule has 2 saturated carbocycles. The van der Waals surface area contributed by atoms with Gasteiger partial charge in [-0.05, 0) is 104 Å². The minimum atomic E-state index is -1.66. The van der Waals surface area contributed by atoms with Gasteiger partial charge in [0, 0.05) is 52.3 Å². The Morgan fingerprint density at radius 1 is 0.646 bits per heavy atom. The molecule has 4 aromatic carbocycles. The van der Waals surface area contributed by atoms with Crippen molar-refractivity contribution in [2.24, 2.45) is 11.8 Å². The summed E-state index contributed by atoms with van der Waals surface area (Å²) >= 11 is 0.658. The molecule has 6 aromatic rings. The molecule has 0 spiro atoms. The first-order valence-electron chi connectivity index (χ1n) is 28.8. The van der Waals surface area contributed by atoms with Crippen molar-refractivity contribution in [1.29, 1.82) is 0 Å². The summed E-state index contributed by atoms with van der Waals surface area (Å²) in [6.45, 7) is 0. The number of thiophene rings is 1. The summed E-state index contributed by atoms with van der Waals surface area (Å²) in [5, 5.41) is -0.468. The Morgan fingerprint density at radius 2 is 1.40 bits per heavy atom. The van der Waals surface area contributed by atoms with Gasteiger partial charge in [0.2, 0.25) is 0 Å². The number of fused-ring (bicyclic) bond motifs is 7. The highest BCUT2D eigenvalue weighted by Gasteiger charge is 2.48. The lowest BCUT2D eigenvalue weighted by atomic mass is 9.71. The third-order valence-corrected chi connectivity index (χ3v) is 9.96. The number of benzene rings is 4. The number of hydrogen-bond donors (Lipinski definition) is 0. The molecule has 5 heteroatoms. The van der Waals surface area contributed by atoms with Crippen molar-refractivity contribution in [1.82, 2.24) is 15.0 Å². The Morgan fingerprint density at radius 3 is 2.27 bits per heavy atom. The topological polar surface area (TPSA) is 47.9 Å². The van der Waals surface area contributed by atoms with Crippen LogP contribution in [0.1, 0.15) is 115 Å². The molecule has 4 aliphatic rings. The smallest absolute Gasteiger partial charge is 0.163 e. The Hall–Kier alpha value is -3.93. The minimum Gasteiger partial charge on any atom is -0.374 e.